The summed E-state index contributed by atoms with van der Waals surface area (Å²) in [7, 11) is 1.43. The van der Waals surface area contributed by atoms with E-state index in [9.17, 15) is 9.90 Å². The molecule has 1 aromatic carbocycles. The molecule has 5 nitrogen and oxygen atoms in total. The molecule has 0 radical (unpaired) electrons. The number of methoxy groups -OCH3 is 1. The van der Waals surface area contributed by atoms with Crippen LogP contribution >= 0.6 is 0 Å². The lowest BCUT2D eigenvalue weighted by Crippen LogP contribution is -2.12. The number of amides is 1. The molecule has 0 aliphatic carbocycles. The van der Waals surface area contributed by atoms with E-state index < -0.39 is 5.91 Å². The van der Waals surface area contributed by atoms with Crippen LogP contribution in [0.2, 0.25) is 0 Å². The highest BCUT2D eigenvalue weighted by atomic mass is 16.5. The quantitative estimate of drug-likeness (QED) is 0.866. The third-order valence-corrected chi connectivity index (χ3v) is 2.40. The Labute approximate surface area is 104 Å². The van der Waals surface area contributed by atoms with Gasteiger partial charge in [-0.1, -0.05) is 6.07 Å². The van der Waals surface area contributed by atoms with Crippen molar-refractivity contribution in [3.8, 4) is 11.5 Å². The molecule has 0 aliphatic rings. The summed E-state index contributed by atoms with van der Waals surface area (Å²) in [5, 5.41) is 12.5. The number of nitrogens with one attached hydrogen (secondary N) is 1. The minimum Gasteiger partial charge on any atom is -0.504 e. The van der Waals surface area contributed by atoms with Gasteiger partial charge in [-0.15, -0.1) is 0 Å². The highest BCUT2D eigenvalue weighted by Crippen LogP contribution is 2.29. The van der Waals surface area contributed by atoms with Crippen molar-refractivity contribution < 1.29 is 14.6 Å². The summed E-state index contributed by atoms with van der Waals surface area (Å²) < 4.78 is 4.95. The maximum atomic E-state index is 12.0. The number of hydrogen-bond donors (Lipinski definition) is 2. The maximum Gasteiger partial charge on any atom is 0.259 e. The molecule has 0 fully saturated rings. The van der Waals surface area contributed by atoms with Crippen molar-refractivity contribution in [2.45, 2.75) is 0 Å². The number of benzene rings is 1. The molecule has 1 heterocycles. The summed E-state index contributed by atoms with van der Waals surface area (Å²) in [6, 6.07) is 8.07. The maximum absolute atomic E-state index is 12.0. The second kappa shape index (κ2) is 5.18. The van der Waals surface area contributed by atoms with E-state index in [1.807, 2.05) is 0 Å². The number of rotatable bonds is 3. The molecule has 2 rings (SSSR count). The number of carbonyl (C=O) groups is 1. The van der Waals surface area contributed by atoms with Gasteiger partial charge in [-0.25, -0.2) is 0 Å². The van der Waals surface area contributed by atoms with Gasteiger partial charge in [-0.05, 0) is 24.3 Å². The van der Waals surface area contributed by atoms with Crippen molar-refractivity contribution in [3.63, 3.8) is 0 Å². The Morgan fingerprint density at radius 3 is 2.67 bits per heavy atom. The van der Waals surface area contributed by atoms with E-state index in [0.29, 0.717) is 5.69 Å². The highest BCUT2D eigenvalue weighted by molar-refractivity contribution is 6.06. The summed E-state index contributed by atoms with van der Waals surface area (Å²) in [5.74, 6) is -0.318. The molecule has 18 heavy (non-hydrogen) atoms. The van der Waals surface area contributed by atoms with Crippen molar-refractivity contribution in [2.75, 3.05) is 12.4 Å². The normalized spacial score (nSPS) is 9.83. The molecular formula is C13H12N2O3. The minimum absolute atomic E-state index is 0.158. The second-order valence-electron chi connectivity index (χ2n) is 3.55. The average Bonchev–Trinajstić information content (AvgIpc) is 2.40. The van der Waals surface area contributed by atoms with Crippen LogP contribution in [0.5, 0.6) is 11.5 Å². The van der Waals surface area contributed by atoms with Crippen molar-refractivity contribution in [3.05, 3.63) is 48.3 Å². The number of phenols is 1. The molecule has 0 unspecified atom stereocenters. The molecular weight excluding hydrogens is 232 g/mol. The minimum atomic E-state index is -0.405. The molecule has 0 atom stereocenters. The Balaban J connectivity index is 2.24. The standard InChI is InChI=1S/C13H12N2O3/c1-18-11-4-2-3-10(12(11)16)13(17)15-9-5-7-14-8-6-9/h2-8,16H,1H3,(H,14,15,17). The molecule has 1 aromatic heterocycles. The van der Waals surface area contributed by atoms with Crippen LogP contribution < -0.4 is 10.1 Å². The van der Waals surface area contributed by atoms with Crippen LogP contribution in [-0.2, 0) is 0 Å². The third-order valence-electron chi connectivity index (χ3n) is 2.40. The summed E-state index contributed by atoms with van der Waals surface area (Å²) in [6.45, 7) is 0. The first-order valence-corrected chi connectivity index (χ1v) is 5.29. The van der Waals surface area contributed by atoms with Gasteiger partial charge >= 0.3 is 0 Å². The lowest BCUT2D eigenvalue weighted by Gasteiger charge is -2.09. The van der Waals surface area contributed by atoms with Gasteiger partial charge in [0.15, 0.2) is 11.5 Å². The molecule has 92 valence electrons. The molecule has 5 heteroatoms. The topological polar surface area (TPSA) is 71.5 Å². The lowest BCUT2D eigenvalue weighted by atomic mass is 10.1. The Bertz CT molecular complexity index is 555. The highest BCUT2D eigenvalue weighted by Gasteiger charge is 2.14. The smallest absolute Gasteiger partial charge is 0.259 e. The number of ether oxygens (including phenoxy) is 1. The van der Waals surface area contributed by atoms with E-state index in [0.717, 1.165) is 0 Å². The first-order chi connectivity index (χ1) is 8.72. The zero-order chi connectivity index (χ0) is 13.0. The number of para-hydroxylation sites is 1. The summed E-state index contributed by atoms with van der Waals surface area (Å²) in [5.41, 5.74) is 0.767. The Morgan fingerprint density at radius 1 is 1.28 bits per heavy atom. The predicted octanol–water partition coefficient (Wildman–Crippen LogP) is 2.05. The van der Waals surface area contributed by atoms with E-state index in [1.165, 1.54) is 13.2 Å². The number of anilines is 1. The van der Waals surface area contributed by atoms with Gasteiger partial charge in [-0.3, -0.25) is 9.78 Å². The number of nitrogens with zero attached hydrogens (tertiary/aromatic N) is 1. The van der Waals surface area contributed by atoms with Crippen LogP contribution in [0.3, 0.4) is 0 Å². The lowest BCUT2D eigenvalue weighted by molar-refractivity contribution is 0.102. The van der Waals surface area contributed by atoms with E-state index in [4.69, 9.17) is 4.74 Å². The molecule has 0 bridgehead atoms. The molecule has 2 N–H and O–H groups in total. The first kappa shape index (κ1) is 11.9. The van der Waals surface area contributed by atoms with Crippen LogP contribution in [0.1, 0.15) is 10.4 Å². The van der Waals surface area contributed by atoms with Gasteiger partial charge in [0.05, 0.1) is 12.7 Å². The summed E-state index contributed by atoms with van der Waals surface area (Å²) in [4.78, 5) is 15.8. The Kier molecular flexibility index (Phi) is 3.43. The zero-order valence-electron chi connectivity index (χ0n) is 9.75. The number of hydrogen-bond acceptors (Lipinski definition) is 4. The third kappa shape index (κ3) is 2.40. The SMILES string of the molecule is COc1cccc(C(=O)Nc2ccncc2)c1O. The number of carbonyl (C=O) groups excluding carboxylic acids is 1. The summed E-state index contributed by atoms with van der Waals surface area (Å²) >= 11 is 0. The number of aromatic hydroxyl groups is 1. The van der Waals surface area contributed by atoms with E-state index >= 15 is 0 Å². The fourth-order valence-electron chi connectivity index (χ4n) is 1.50. The van der Waals surface area contributed by atoms with Gasteiger partial charge in [-0.2, -0.15) is 0 Å². The van der Waals surface area contributed by atoms with E-state index in [2.05, 4.69) is 10.3 Å². The fraction of sp³-hybridized carbons (Fsp3) is 0.0769. The molecule has 1 amide bonds. The second-order valence-corrected chi connectivity index (χ2v) is 3.55. The molecule has 0 aliphatic heterocycles. The van der Waals surface area contributed by atoms with Crippen molar-refractivity contribution in [1.82, 2.24) is 4.98 Å². The zero-order valence-corrected chi connectivity index (χ0v) is 9.75. The number of phenolic OH excluding ortho intramolecular Hbond substituents is 1. The number of aromatic nitrogens is 1. The predicted molar refractivity (Wildman–Crippen MR) is 66.8 cm³/mol. The van der Waals surface area contributed by atoms with Gasteiger partial charge in [0.25, 0.3) is 5.91 Å². The average molecular weight is 244 g/mol. The van der Waals surface area contributed by atoms with Crippen LogP contribution in [0, 0.1) is 0 Å². The van der Waals surface area contributed by atoms with Gasteiger partial charge < -0.3 is 15.2 Å². The molecule has 2 aromatic rings. The van der Waals surface area contributed by atoms with E-state index in [-0.39, 0.29) is 17.1 Å². The van der Waals surface area contributed by atoms with Crippen molar-refractivity contribution in [2.24, 2.45) is 0 Å². The largest absolute Gasteiger partial charge is 0.504 e. The fourth-order valence-corrected chi connectivity index (χ4v) is 1.50. The van der Waals surface area contributed by atoms with Gasteiger partial charge in [0.2, 0.25) is 0 Å². The van der Waals surface area contributed by atoms with Crippen LogP contribution in [0.4, 0.5) is 5.69 Å². The first-order valence-electron chi connectivity index (χ1n) is 5.29. The Hall–Kier alpha value is -2.56. The van der Waals surface area contributed by atoms with Gasteiger partial charge in [0.1, 0.15) is 0 Å². The van der Waals surface area contributed by atoms with Crippen molar-refractivity contribution >= 4 is 11.6 Å². The van der Waals surface area contributed by atoms with Crippen LogP contribution in [0.15, 0.2) is 42.7 Å². The summed E-state index contributed by atoms with van der Waals surface area (Å²) in [6.07, 6.45) is 3.14. The Morgan fingerprint density at radius 2 is 2.00 bits per heavy atom. The monoisotopic (exact) mass is 244 g/mol. The van der Waals surface area contributed by atoms with Crippen LogP contribution in [-0.4, -0.2) is 23.1 Å². The van der Waals surface area contributed by atoms with E-state index in [1.54, 1.807) is 36.7 Å². The number of pyridine rings is 1. The molecule has 0 saturated carbocycles. The van der Waals surface area contributed by atoms with Crippen molar-refractivity contribution in [1.29, 1.82) is 0 Å². The molecule has 0 spiro atoms. The van der Waals surface area contributed by atoms with Gasteiger partial charge in [0, 0.05) is 18.1 Å². The van der Waals surface area contributed by atoms with Crippen LogP contribution in [0.25, 0.3) is 0 Å². The molecule has 0 saturated heterocycles.